The minimum absolute atomic E-state index is 0.0329. The number of guanidine groups is 1. The van der Waals surface area contributed by atoms with Gasteiger partial charge < -0.3 is 29.7 Å². The first-order chi connectivity index (χ1) is 18.9. The Morgan fingerprint density at radius 1 is 1.05 bits per heavy atom. The Morgan fingerprint density at radius 2 is 1.79 bits per heavy atom. The summed E-state index contributed by atoms with van der Waals surface area (Å²) in [4.78, 5) is 33.6. The maximum absolute atomic E-state index is 12.9. The van der Waals surface area contributed by atoms with Crippen molar-refractivity contribution in [1.29, 1.82) is 0 Å². The van der Waals surface area contributed by atoms with Crippen LogP contribution in [-0.4, -0.2) is 68.1 Å². The van der Waals surface area contributed by atoms with E-state index in [1.807, 2.05) is 48.5 Å². The molecule has 1 fully saturated rings. The van der Waals surface area contributed by atoms with Gasteiger partial charge in [0.2, 0.25) is 5.91 Å². The molecule has 1 amide bonds. The first-order valence-corrected chi connectivity index (χ1v) is 13.7. The maximum Gasteiger partial charge on any atom is 0.306 e. The minimum atomic E-state index is -0.581. The van der Waals surface area contributed by atoms with Crippen LogP contribution in [0.4, 0.5) is 5.69 Å². The third-order valence-electron chi connectivity index (χ3n) is 7.48. The molecule has 1 saturated carbocycles. The first kappa shape index (κ1) is 28.4. The third kappa shape index (κ3) is 7.50. The molecule has 1 aliphatic heterocycles. The summed E-state index contributed by atoms with van der Waals surface area (Å²) in [6.07, 6.45) is 5.54. The Kier molecular flexibility index (Phi) is 9.81. The molecule has 2 N–H and O–H groups in total. The molecule has 0 unspecified atom stereocenters. The van der Waals surface area contributed by atoms with Crippen LogP contribution in [0.3, 0.4) is 0 Å². The lowest BCUT2D eigenvalue weighted by atomic mass is 9.83. The first-order valence-electron chi connectivity index (χ1n) is 13.7. The zero-order valence-corrected chi connectivity index (χ0v) is 23.2. The standard InChI is InChI=1S/C30H40N4O5/c1-33(2)29(36)23(19-37-3)17-28(35)38-20-27(21-10-6-4-7-11-21)34-18-22-16-25(14-15-26(22)32-30(34)31)39-24-12-8-5-9-13-24/h5,8-9,12-16,21,23,27H,4,6-7,10-11,17-20H2,1-3H3,(H2,31,32)/t23-,27+/m1/s1. The van der Waals surface area contributed by atoms with E-state index in [1.54, 1.807) is 14.1 Å². The molecule has 1 aliphatic carbocycles. The number of nitrogens with two attached hydrogens (primary N) is 1. The number of hydrogen-bond acceptors (Lipinski definition) is 8. The second-order valence-electron chi connectivity index (χ2n) is 10.5. The normalized spacial score (nSPS) is 17.0. The number of carbonyl (C=O) groups is 2. The molecule has 0 radical (unpaired) electrons. The molecule has 0 aromatic heterocycles. The average molecular weight is 537 g/mol. The van der Waals surface area contributed by atoms with Gasteiger partial charge in [-0.1, -0.05) is 37.5 Å². The number of nitrogens with zero attached hydrogens (tertiary/aromatic N) is 3. The lowest BCUT2D eigenvalue weighted by molar-refractivity contribution is -0.151. The van der Waals surface area contributed by atoms with Crippen molar-refractivity contribution in [3.8, 4) is 11.5 Å². The van der Waals surface area contributed by atoms with Crippen LogP contribution >= 0.6 is 0 Å². The van der Waals surface area contributed by atoms with E-state index in [9.17, 15) is 9.59 Å². The number of amides is 1. The van der Waals surface area contributed by atoms with Crippen LogP contribution in [-0.2, 0) is 25.6 Å². The van der Waals surface area contributed by atoms with Gasteiger partial charge in [0.15, 0.2) is 5.96 Å². The Bertz CT molecular complexity index is 1150. The summed E-state index contributed by atoms with van der Waals surface area (Å²) in [6, 6.07) is 15.3. The molecule has 0 saturated heterocycles. The second-order valence-corrected chi connectivity index (χ2v) is 10.5. The number of ether oxygens (including phenoxy) is 3. The number of aliphatic imine (C=N–C) groups is 1. The molecule has 9 heteroatoms. The number of methoxy groups -OCH3 is 1. The highest BCUT2D eigenvalue weighted by atomic mass is 16.5. The third-order valence-corrected chi connectivity index (χ3v) is 7.48. The van der Waals surface area contributed by atoms with Crippen molar-refractivity contribution in [2.75, 3.05) is 34.4 Å². The highest BCUT2D eigenvalue weighted by molar-refractivity contribution is 5.85. The van der Waals surface area contributed by atoms with E-state index in [4.69, 9.17) is 24.9 Å². The van der Waals surface area contributed by atoms with Gasteiger partial charge in [0.25, 0.3) is 0 Å². The predicted octanol–water partition coefficient (Wildman–Crippen LogP) is 4.47. The largest absolute Gasteiger partial charge is 0.463 e. The predicted molar refractivity (Wildman–Crippen MR) is 150 cm³/mol. The molecule has 4 rings (SSSR count). The summed E-state index contributed by atoms with van der Waals surface area (Å²) < 4.78 is 17.0. The summed E-state index contributed by atoms with van der Waals surface area (Å²) in [5.74, 6) is 1.08. The van der Waals surface area contributed by atoms with Crippen molar-refractivity contribution >= 4 is 23.5 Å². The van der Waals surface area contributed by atoms with Gasteiger partial charge in [-0.15, -0.1) is 0 Å². The van der Waals surface area contributed by atoms with Gasteiger partial charge in [-0.25, -0.2) is 4.99 Å². The quantitative estimate of drug-likeness (QED) is 0.422. The fourth-order valence-electron chi connectivity index (χ4n) is 5.45. The molecule has 2 aliphatic rings. The lowest BCUT2D eigenvalue weighted by Crippen LogP contribution is -2.51. The van der Waals surface area contributed by atoms with E-state index in [1.165, 1.54) is 18.4 Å². The van der Waals surface area contributed by atoms with Crippen LogP contribution < -0.4 is 10.5 Å². The average Bonchev–Trinajstić information content (AvgIpc) is 2.94. The molecule has 0 bridgehead atoms. The number of esters is 1. The monoisotopic (exact) mass is 536 g/mol. The minimum Gasteiger partial charge on any atom is -0.463 e. The topological polar surface area (TPSA) is 107 Å². The number of para-hydroxylation sites is 1. The Balaban J connectivity index is 1.49. The Labute approximate surface area is 230 Å². The van der Waals surface area contributed by atoms with Crippen LogP contribution in [0, 0.1) is 11.8 Å². The van der Waals surface area contributed by atoms with Gasteiger partial charge in [-0.3, -0.25) is 9.59 Å². The van der Waals surface area contributed by atoms with Crippen LogP contribution in [0.1, 0.15) is 44.1 Å². The van der Waals surface area contributed by atoms with Crippen molar-refractivity contribution in [2.45, 2.75) is 51.1 Å². The van der Waals surface area contributed by atoms with Crippen LogP contribution in [0.5, 0.6) is 11.5 Å². The maximum atomic E-state index is 12.9. The molecule has 2 atom stereocenters. The molecule has 210 valence electrons. The van der Waals surface area contributed by atoms with E-state index >= 15 is 0 Å². The smallest absolute Gasteiger partial charge is 0.306 e. The fraction of sp³-hybridized carbons (Fsp3) is 0.500. The highest BCUT2D eigenvalue weighted by Gasteiger charge is 2.34. The van der Waals surface area contributed by atoms with E-state index < -0.39 is 11.9 Å². The van der Waals surface area contributed by atoms with Gasteiger partial charge in [0.05, 0.1) is 30.7 Å². The molecule has 9 nitrogen and oxygen atoms in total. The van der Waals surface area contributed by atoms with Gasteiger partial charge in [0.1, 0.15) is 18.1 Å². The molecule has 2 aromatic carbocycles. The summed E-state index contributed by atoms with van der Waals surface area (Å²) in [5, 5.41) is 0. The van der Waals surface area contributed by atoms with Crippen molar-refractivity contribution in [2.24, 2.45) is 22.6 Å². The second kappa shape index (κ2) is 13.5. The van der Waals surface area contributed by atoms with E-state index in [2.05, 4.69) is 4.90 Å². The van der Waals surface area contributed by atoms with Crippen LogP contribution in [0.15, 0.2) is 53.5 Å². The summed E-state index contributed by atoms with van der Waals surface area (Å²) in [6.45, 7) is 0.889. The molecule has 1 heterocycles. The molecular weight excluding hydrogens is 496 g/mol. The molecule has 39 heavy (non-hydrogen) atoms. The number of hydrogen-bond donors (Lipinski definition) is 1. The Hall–Kier alpha value is -3.59. The van der Waals surface area contributed by atoms with Crippen molar-refractivity contribution in [3.63, 3.8) is 0 Å². The zero-order valence-electron chi connectivity index (χ0n) is 23.2. The van der Waals surface area contributed by atoms with Gasteiger partial charge in [0, 0.05) is 33.3 Å². The van der Waals surface area contributed by atoms with Crippen molar-refractivity contribution < 1.29 is 23.8 Å². The lowest BCUT2D eigenvalue weighted by Gasteiger charge is -2.40. The number of rotatable bonds is 11. The molecule has 0 spiro atoms. The highest BCUT2D eigenvalue weighted by Crippen LogP contribution is 2.35. The van der Waals surface area contributed by atoms with Crippen LogP contribution in [0.2, 0.25) is 0 Å². The number of fused-ring (bicyclic) bond motifs is 1. The van der Waals surface area contributed by atoms with Gasteiger partial charge >= 0.3 is 5.97 Å². The fourth-order valence-corrected chi connectivity index (χ4v) is 5.45. The van der Waals surface area contributed by atoms with E-state index in [0.29, 0.717) is 18.4 Å². The summed E-state index contributed by atoms with van der Waals surface area (Å²) in [5.41, 5.74) is 8.31. The van der Waals surface area contributed by atoms with Crippen molar-refractivity contribution in [3.05, 3.63) is 54.1 Å². The number of benzene rings is 2. The van der Waals surface area contributed by atoms with E-state index in [0.717, 1.165) is 48.4 Å². The SMILES string of the molecule is COC[C@@H](CC(=O)OC[C@@H](C1CCCCC1)N1Cc2cc(Oc3ccccc3)ccc2N=C1N)C(=O)N(C)C. The zero-order chi connectivity index (χ0) is 27.8. The van der Waals surface area contributed by atoms with Gasteiger partial charge in [-0.2, -0.15) is 0 Å². The summed E-state index contributed by atoms with van der Waals surface area (Å²) >= 11 is 0. The number of carbonyl (C=O) groups excluding carboxylic acids is 2. The van der Waals surface area contributed by atoms with Crippen LogP contribution in [0.25, 0.3) is 0 Å². The van der Waals surface area contributed by atoms with E-state index in [-0.39, 0.29) is 31.6 Å². The van der Waals surface area contributed by atoms with Gasteiger partial charge in [-0.05, 0) is 49.1 Å². The molecular formula is C30H40N4O5. The summed E-state index contributed by atoms with van der Waals surface area (Å²) in [7, 11) is 4.86. The Morgan fingerprint density at radius 3 is 2.49 bits per heavy atom. The molecule has 2 aromatic rings. The van der Waals surface area contributed by atoms with Crippen molar-refractivity contribution in [1.82, 2.24) is 9.80 Å².